The summed E-state index contributed by atoms with van der Waals surface area (Å²) in [5.74, 6) is -7.04. The minimum atomic E-state index is -1.64. The number of aromatic nitrogens is 4. The van der Waals surface area contributed by atoms with Gasteiger partial charge >= 0.3 is 5.97 Å². The molecule has 0 amide bonds. The fourth-order valence-electron chi connectivity index (χ4n) is 9.78. The van der Waals surface area contributed by atoms with E-state index in [1.165, 1.54) is 62.4 Å². The molecule has 0 fully saturated rings. The number of nitrogens with zero attached hydrogens (tertiary/aromatic N) is 4. The number of carbonyl (C=O) groups excluding carboxylic acids is 9. The predicted octanol–water partition coefficient (Wildman–Crippen LogP) is 15.8. The second kappa shape index (κ2) is 36.1. The van der Waals surface area contributed by atoms with Crippen molar-refractivity contribution in [3.63, 3.8) is 0 Å². The fraction of sp³-hybridized carbons (Fsp3) is 0.139. The Kier molecular flexibility index (Phi) is 27.3. The maximum Gasteiger partial charge on any atom is 0.372 e. The number of halogens is 5. The van der Waals surface area contributed by atoms with Gasteiger partial charge in [0.05, 0.1) is 35.6 Å². The summed E-state index contributed by atoms with van der Waals surface area (Å²) in [6.45, 7) is 8.53. The standard InChI is InChI=1S/C22H18FNO3.C21H16FNO4.C19H16FNO.C13H11FINO.C4H6O2/c1-15(25)21(26)12-22(27)20-11-18(17-5-3-2-4-6-17)14-24(20)13-16-7-9-19(23)10-8-16;22-17-8-6-14(7-9-17)12-23-13-16(15-4-2-1-3-5-15)10-18(23)19(24)11-20(25)21(26)27;1-14(22)19-11-17(16-5-3-2-4-6-16)13-21(19)12-15-7-9-18(20)10-8-15;1-9(17)13-6-12(15)8-16(13)7-10-2-4-11(14)5-3-10;1-3(5)4(2)6/h2-11,14H,12-13H2,1H3;1-10,13H,11-12H2,(H,26,27);2-11,13H,12H2,1H3;2-6,8H,7H2,1H3;1-2H3. The van der Waals surface area contributed by atoms with Gasteiger partial charge in [-0.15, -0.1) is 0 Å². The second-order valence-corrected chi connectivity index (χ2v) is 23.9. The van der Waals surface area contributed by atoms with E-state index >= 15 is 0 Å². The van der Waals surface area contributed by atoms with Crippen molar-refractivity contribution < 1.29 is 70.6 Å². The van der Waals surface area contributed by atoms with Crippen molar-refractivity contribution >= 4 is 80.6 Å². The molecule has 1 N–H and O–H groups in total. The average Bonchev–Trinajstić information content (AvgIpc) is 1.73. The van der Waals surface area contributed by atoms with E-state index in [4.69, 9.17) is 5.11 Å². The van der Waals surface area contributed by atoms with E-state index in [1.54, 1.807) is 89.8 Å². The van der Waals surface area contributed by atoms with E-state index in [0.29, 0.717) is 36.7 Å². The number of benzene rings is 7. The van der Waals surface area contributed by atoms with E-state index in [2.05, 4.69) is 22.6 Å². The summed E-state index contributed by atoms with van der Waals surface area (Å²) in [6.07, 6.45) is 6.30. The highest BCUT2D eigenvalue weighted by Crippen LogP contribution is 2.28. The third kappa shape index (κ3) is 22.9. The van der Waals surface area contributed by atoms with Crippen LogP contribution in [0.1, 0.15) is 112 Å². The van der Waals surface area contributed by atoms with Crippen LogP contribution in [0.25, 0.3) is 33.4 Å². The maximum absolute atomic E-state index is 13.1. The van der Waals surface area contributed by atoms with Crippen LogP contribution in [0.2, 0.25) is 0 Å². The van der Waals surface area contributed by atoms with Crippen LogP contribution in [0.15, 0.2) is 237 Å². The molecule has 0 saturated heterocycles. The van der Waals surface area contributed by atoms with Crippen LogP contribution in [0, 0.1) is 26.8 Å². The topological polar surface area (TPSA) is 211 Å². The molecule has 0 atom stereocenters. The van der Waals surface area contributed by atoms with Crippen molar-refractivity contribution in [2.45, 2.75) is 73.6 Å². The first-order chi connectivity index (χ1) is 47.2. The van der Waals surface area contributed by atoms with Crippen LogP contribution in [0.4, 0.5) is 17.6 Å². The Bertz CT molecular complexity index is 4500. The Morgan fingerprint density at radius 1 is 0.323 bits per heavy atom. The lowest BCUT2D eigenvalue weighted by Gasteiger charge is -2.08. The van der Waals surface area contributed by atoms with Crippen LogP contribution in [0.5, 0.6) is 0 Å². The van der Waals surface area contributed by atoms with Gasteiger partial charge in [-0.25, -0.2) is 22.4 Å². The molecule has 0 spiro atoms. The monoisotopic (exact) mass is 1450 g/mol. The normalized spacial score (nSPS) is 10.4. The Morgan fingerprint density at radius 3 is 0.859 bits per heavy atom. The van der Waals surface area contributed by atoms with Crippen LogP contribution < -0.4 is 0 Å². The van der Waals surface area contributed by atoms with Crippen molar-refractivity contribution in [2.24, 2.45) is 0 Å². The maximum atomic E-state index is 13.1. The minimum Gasteiger partial charge on any atom is -0.475 e. The molecule has 0 radical (unpaired) electrons. The zero-order chi connectivity index (χ0) is 71.9. The molecule has 0 aliphatic rings. The summed E-state index contributed by atoms with van der Waals surface area (Å²) in [6, 6.07) is 60.5. The first kappa shape index (κ1) is 75.0. The number of hydrogen-bond acceptors (Lipinski definition) is 10. The number of carboxylic acid groups (broad SMARTS) is 1. The van der Waals surface area contributed by atoms with E-state index < -0.39 is 47.7 Å². The zero-order valence-electron chi connectivity index (χ0n) is 54.5. The van der Waals surface area contributed by atoms with Crippen LogP contribution in [-0.2, 0) is 54.9 Å². The number of rotatable bonds is 22. The van der Waals surface area contributed by atoms with Gasteiger partial charge in [0, 0.05) is 106 Å². The largest absolute Gasteiger partial charge is 0.475 e. The van der Waals surface area contributed by atoms with Gasteiger partial charge in [0.25, 0.3) is 0 Å². The predicted molar refractivity (Wildman–Crippen MR) is 376 cm³/mol. The van der Waals surface area contributed by atoms with E-state index in [9.17, 15) is 65.5 Å². The molecule has 11 aromatic rings. The third-order valence-corrected chi connectivity index (χ3v) is 15.6. The van der Waals surface area contributed by atoms with Crippen LogP contribution in [0.3, 0.4) is 0 Å². The molecule has 11 rings (SSSR count). The number of hydrogen-bond donors (Lipinski definition) is 1. The smallest absolute Gasteiger partial charge is 0.372 e. The van der Waals surface area contributed by atoms with Gasteiger partial charge in [-0.05, 0) is 134 Å². The third-order valence-electron chi connectivity index (χ3n) is 15.0. The number of carboxylic acids is 1. The van der Waals surface area contributed by atoms with Gasteiger partial charge in [0.15, 0.2) is 40.5 Å². The molecule has 0 saturated carbocycles. The summed E-state index contributed by atoms with van der Waals surface area (Å²) in [7, 11) is 0. The van der Waals surface area contributed by atoms with Gasteiger partial charge in [0.1, 0.15) is 23.3 Å². The quantitative estimate of drug-likeness (QED) is 0.0222. The number of ketones is 9. The highest BCUT2D eigenvalue weighted by Gasteiger charge is 2.23. The zero-order valence-corrected chi connectivity index (χ0v) is 56.6. The lowest BCUT2D eigenvalue weighted by Crippen LogP contribution is -2.19. The lowest BCUT2D eigenvalue weighted by molar-refractivity contribution is -0.148. The van der Waals surface area contributed by atoms with E-state index in [0.717, 1.165) is 66.1 Å². The van der Waals surface area contributed by atoms with Crippen molar-refractivity contribution in [3.05, 3.63) is 309 Å². The summed E-state index contributed by atoms with van der Waals surface area (Å²) in [4.78, 5) is 113. The summed E-state index contributed by atoms with van der Waals surface area (Å²) < 4.78 is 60.2. The highest BCUT2D eigenvalue weighted by molar-refractivity contribution is 14.1. The molecule has 20 heteroatoms. The molecule has 99 heavy (non-hydrogen) atoms. The Hall–Kier alpha value is -11.4. The first-order valence-electron chi connectivity index (χ1n) is 30.7. The number of aliphatic carboxylic acids is 1. The van der Waals surface area contributed by atoms with Crippen molar-refractivity contribution in [1.29, 1.82) is 0 Å². The molecule has 0 aliphatic carbocycles. The summed E-state index contributed by atoms with van der Waals surface area (Å²) in [5.41, 5.74) is 10.9. The number of Topliss-reactive ketones (excluding diaryl/α,β-unsaturated/α-hetero) is 9. The van der Waals surface area contributed by atoms with Gasteiger partial charge in [-0.1, -0.05) is 140 Å². The molecular weight excluding hydrogens is 1380 g/mol. The Morgan fingerprint density at radius 2 is 0.586 bits per heavy atom. The van der Waals surface area contributed by atoms with Gasteiger partial charge in [0.2, 0.25) is 11.6 Å². The Balaban J connectivity index is 0.000000183. The summed E-state index contributed by atoms with van der Waals surface area (Å²) >= 11 is 2.17. The van der Waals surface area contributed by atoms with E-state index in [1.807, 2.05) is 131 Å². The molecule has 4 aromatic heterocycles. The van der Waals surface area contributed by atoms with Crippen LogP contribution in [-0.4, -0.2) is 81.4 Å². The molecule has 7 aromatic carbocycles. The highest BCUT2D eigenvalue weighted by atomic mass is 127. The van der Waals surface area contributed by atoms with Gasteiger partial charge in [-0.2, -0.15) is 0 Å². The number of carbonyl (C=O) groups is 10. The lowest BCUT2D eigenvalue weighted by atomic mass is 10.1. The molecule has 0 aliphatic heterocycles. The van der Waals surface area contributed by atoms with Crippen LogP contribution >= 0.6 is 22.6 Å². The van der Waals surface area contributed by atoms with Crippen molar-refractivity contribution in [2.75, 3.05) is 0 Å². The fourth-order valence-corrected chi connectivity index (χ4v) is 10.4. The molecule has 0 unspecified atom stereocenters. The van der Waals surface area contributed by atoms with E-state index in [-0.39, 0.29) is 58.6 Å². The minimum absolute atomic E-state index is 0.0179. The van der Waals surface area contributed by atoms with Crippen molar-refractivity contribution in [1.82, 2.24) is 18.3 Å². The molecule has 504 valence electrons. The second-order valence-electron chi connectivity index (χ2n) is 22.6. The summed E-state index contributed by atoms with van der Waals surface area (Å²) in [5, 5.41) is 8.75. The molecule has 15 nitrogen and oxygen atoms in total. The Labute approximate surface area is 582 Å². The molecule has 0 bridgehead atoms. The molecule has 4 heterocycles. The van der Waals surface area contributed by atoms with Gasteiger partial charge < -0.3 is 23.4 Å². The average molecular weight is 1450 g/mol. The SMILES string of the molecule is CC(=O)C(=O)CC(=O)c1cc(-c2ccccc2)cn1Cc1ccc(F)cc1.CC(=O)C(C)=O.CC(=O)c1cc(-c2ccccc2)cn1Cc1ccc(F)cc1.CC(=O)c1cc(I)cn1Cc1ccc(F)cc1.O=C(O)C(=O)CC(=O)c1cc(-c2ccccc2)cn1Cc1ccc(F)cc1. The van der Waals surface area contributed by atoms with Gasteiger partial charge in [-0.3, -0.25) is 43.2 Å². The molecular formula is C79H67F4IN4O11. The van der Waals surface area contributed by atoms with Crippen molar-refractivity contribution in [3.8, 4) is 33.4 Å². The first-order valence-corrected chi connectivity index (χ1v) is 31.8.